The van der Waals surface area contributed by atoms with Gasteiger partial charge in [0.1, 0.15) is 18.4 Å². The Kier molecular flexibility index (Phi) is 7.37. The normalized spacial score (nSPS) is 10.2. The number of halogens is 2. The molecule has 0 radical (unpaired) electrons. The first-order valence-corrected chi connectivity index (χ1v) is 8.01. The van der Waals surface area contributed by atoms with Crippen LogP contribution in [0.15, 0.2) is 42.5 Å². The maximum absolute atomic E-state index is 12.4. The van der Waals surface area contributed by atoms with Crippen molar-refractivity contribution < 1.29 is 32.5 Å². The molecule has 27 heavy (non-hydrogen) atoms. The van der Waals surface area contributed by atoms with Gasteiger partial charge in [0.2, 0.25) is 0 Å². The topological polar surface area (TPSA) is 77.8 Å². The minimum absolute atomic E-state index is 0.0987. The Morgan fingerprint density at radius 3 is 2.59 bits per heavy atom. The predicted octanol–water partition coefficient (Wildman–Crippen LogP) is 3.68. The van der Waals surface area contributed by atoms with Gasteiger partial charge in [-0.05, 0) is 36.8 Å². The molecule has 8 heteroatoms. The van der Waals surface area contributed by atoms with E-state index in [9.17, 15) is 13.6 Å². The molecule has 0 aliphatic carbocycles. The highest BCUT2D eigenvalue weighted by molar-refractivity contribution is 5.71. The van der Waals surface area contributed by atoms with E-state index in [0.29, 0.717) is 11.1 Å². The molecule has 0 aromatic heterocycles. The molecule has 2 aromatic carbocycles. The van der Waals surface area contributed by atoms with Gasteiger partial charge in [-0.1, -0.05) is 18.2 Å². The molecular formula is C19H17F2NO5. The Labute approximate surface area is 154 Å². The van der Waals surface area contributed by atoms with Crippen molar-refractivity contribution in [1.29, 1.82) is 5.26 Å². The van der Waals surface area contributed by atoms with Gasteiger partial charge in [-0.2, -0.15) is 14.0 Å². The Bertz CT molecular complexity index is 820. The Morgan fingerprint density at radius 1 is 1.11 bits per heavy atom. The van der Waals surface area contributed by atoms with Crippen LogP contribution in [0.5, 0.6) is 17.2 Å². The lowest BCUT2D eigenvalue weighted by Gasteiger charge is -2.13. The summed E-state index contributed by atoms with van der Waals surface area (Å²) in [5.74, 6) is -0.332. The van der Waals surface area contributed by atoms with Crippen LogP contribution in [0.2, 0.25) is 0 Å². The van der Waals surface area contributed by atoms with Gasteiger partial charge in [0.15, 0.2) is 18.1 Å². The number of hydrogen-bond acceptors (Lipinski definition) is 6. The molecule has 0 aliphatic rings. The monoisotopic (exact) mass is 377 g/mol. The van der Waals surface area contributed by atoms with E-state index in [1.807, 2.05) is 6.07 Å². The molecule has 0 unspecified atom stereocenters. The van der Waals surface area contributed by atoms with Crippen molar-refractivity contribution in [2.75, 3.05) is 13.2 Å². The van der Waals surface area contributed by atoms with E-state index in [-0.39, 0.29) is 37.1 Å². The SMILES string of the molecule is CCOc1cc(COC(=O)COc2ccccc2C#N)ccc1OC(F)F. The number of nitriles is 1. The zero-order chi connectivity index (χ0) is 19.6. The number of para-hydroxylation sites is 1. The highest BCUT2D eigenvalue weighted by atomic mass is 19.3. The lowest BCUT2D eigenvalue weighted by molar-refractivity contribution is -0.147. The number of rotatable bonds is 9. The minimum Gasteiger partial charge on any atom is -0.490 e. The number of alkyl halides is 2. The van der Waals surface area contributed by atoms with E-state index in [2.05, 4.69) is 4.74 Å². The molecule has 0 saturated heterocycles. The summed E-state index contributed by atoms with van der Waals surface area (Å²) in [7, 11) is 0. The third-order valence-electron chi connectivity index (χ3n) is 3.28. The molecule has 0 spiro atoms. The molecule has 6 nitrogen and oxygen atoms in total. The number of hydrogen-bond donors (Lipinski definition) is 0. The van der Waals surface area contributed by atoms with Crippen LogP contribution in [0.4, 0.5) is 8.78 Å². The molecule has 0 saturated carbocycles. The van der Waals surface area contributed by atoms with Gasteiger partial charge in [0.25, 0.3) is 0 Å². The molecule has 0 atom stereocenters. The fourth-order valence-corrected chi connectivity index (χ4v) is 2.13. The fraction of sp³-hybridized carbons (Fsp3) is 0.263. The summed E-state index contributed by atoms with van der Waals surface area (Å²) < 4.78 is 44.8. The fourth-order valence-electron chi connectivity index (χ4n) is 2.13. The minimum atomic E-state index is -2.97. The molecule has 0 N–H and O–H groups in total. The number of benzene rings is 2. The van der Waals surface area contributed by atoms with E-state index in [4.69, 9.17) is 19.5 Å². The largest absolute Gasteiger partial charge is 0.490 e. The lowest BCUT2D eigenvalue weighted by atomic mass is 10.2. The van der Waals surface area contributed by atoms with E-state index in [0.717, 1.165) is 0 Å². The summed E-state index contributed by atoms with van der Waals surface area (Å²) in [4.78, 5) is 11.8. The molecule has 0 fully saturated rings. The van der Waals surface area contributed by atoms with E-state index in [1.54, 1.807) is 31.2 Å². The van der Waals surface area contributed by atoms with Gasteiger partial charge in [0, 0.05) is 0 Å². The van der Waals surface area contributed by atoms with Crippen LogP contribution in [-0.4, -0.2) is 25.8 Å². The van der Waals surface area contributed by atoms with Gasteiger partial charge in [-0.25, -0.2) is 4.79 Å². The molecule has 2 aromatic rings. The molecule has 0 heterocycles. The van der Waals surface area contributed by atoms with Crippen LogP contribution in [0.25, 0.3) is 0 Å². The molecule has 2 rings (SSSR count). The summed E-state index contributed by atoms with van der Waals surface area (Å²) in [5, 5.41) is 8.97. The zero-order valence-electron chi connectivity index (χ0n) is 14.5. The third-order valence-corrected chi connectivity index (χ3v) is 3.28. The van der Waals surface area contributed by atoms with Crippen LogP contribution < -0.4 is 14.2 Å². The number of ether oxygens (including phenoxy) is 4. The van der Waals surface area contributed by atoms with E-state index >= 15 is 0 Å². The standard InChI is InChI=1S/C19H17F2NO5/c1-2-24-17-9-13(7-8-16(17)27-19(20)21)11-26-18(23)12-25-15-6-4-3-5-14(15)10-22/h3-9,19H,2,11-12H2,1H3. The molecule has 0 aliphatic heterocycles. The zero-order valence-corrected chi connectivity index (χ0v) is 14.5. The van der Waals surface area contributed by atoms with Crippen LogP contribution in [0.3, 0.4) is 0 Å². The summed E-state index contributed by atoms with van der Waals surface area (Å²) in [6, 6.07) is 12.7. The van der Waals surface area contributed by atoms with Crippen LogP contribution in [0, 0.1) is 11.3 Å². The second kappa shape index (κ2) is 9.97. The highest BCUT2D eigenvalue weighted by Crippen LogP contribution is 2.30. The van der Waals surface area contributed by atoms with Crippen molar-refractivity contribution in [3.63, 3.8) is 0 Å². The molecule has 0 amide bonds. The average Bonchev–Trinajstić information content (AvgIpc) is 2.66. The third kappa shape index (κ3) is 6.15. The smallest absolute Gasteiger partial charge is 0.387 e. The maximum Gasteiger partial charge on any atom is 0.387 e. The van der Waals surface area contributed by atoms with Crippen molar-refractivity contribution in [3.8, 4) is 23.3 Å². The average molecular weight is 377 g/mol. The number of nitrogens with zero attached hydrogens (tertiary/aromatic N) is 1. The van der Waals surface area contributed by atoms with Crippen molar-refractivity contribution >= 4 is 5.97 Å². The molecular weight excluding hydrogens is 360 g/mol. The first-order valence-electron chi connectivity index (χ1n) is 8.01. The summed E-state index contributed by atoms with van der Waals surface area (Å²) >= 11 is 0. The lowest BCUT2D eigenvalue weighted by Crippen LogP contribution is -2.15. The highest BCUT2D eigenvalue weighted by Gasteiger charge is 2.13. The summed E-state index contributed by atoms with van der Waals surface area (Å²) in [5.41, 5.74) is 0.840. The summed E-state index contributed by atoms with van der Waals surface area (Å²) in [6.07, 6.45) is 0. The van der Waals surface area contributed by atoms with Gasteiger partial charge in [-0.3, -0.25) is 0 Å². The van der Waals surface area contributed by atoms with Crippen LogP contribution in [0.1, 0.15) is 18.1 Å². The second-order valence-electron chi connectivity index (χ2n) is 5.15. The Balaban J connectivity index is 1.92. The number of esters is 1. The number of carbonyl (C=O) groups is 1. The van der Waals surface area contributed by atoms with E-state index in [1.165, 1.54) is 18.2 Å². The molecule has 142 valence electrons. The van der Waals surface area contributed by atoms with Gasteiger partial charge < -0.3 is 18.9 Å². The van der Waals surface area contributed by atoms with E-state index < -0.39 is 12.6 Å². The van der Waals surface area contributed by atoms with Crippen LogP contribution >= 0.6 is 0 Å². The second-order valence-corrected chi connectivity index (χ2v) is 5.15. The first-order chi connectivity index (χ1) is 13.0. The summed E-state index contributed by atoms with van der Waals surface area (Å²) in [6.45, 7) is -1.48. The number of carbonyl (C=O) groups excluding carboxylic acids is 1. The van der Waals surface area contributed by atoms with Gasteiger partial charge in [0.05, 0.1) is 12.2 Å². The predicted molar refractivity (Wildman–Crippen MR) is 90.7 cm³/mol. The van der Waals surface area contributed by atoms with Gasteiger partial charge in [-0.15, -0.1) is 0 Å². The first kappa shape index (κ1) is 20.0. The van der Waals surface area contributed by atoms with Crippen LogP contribution in [-0.2, 0) is 16.1 Å². The van der Waals surface area contributed by atoms with Gasteiger partial charge >= 0.3 is 12.6 Å². The Morgan fingerprint density at radius 2 is 1.89 bits per heavy atom. The quantitative estimate of drug-likeness (QED) is 0.621. The van der Waals surface area contributed by atoms with Crippen molar-refractivity contribution in [2.45, 2.75) is 20.1 Å². The maximum atomic E-state index is 12.4. The Hall–Kier alpha value is -3.34. The molecule has 0 bridgehead atoms. The van der Waals surface area contributed by atoms with Crippen molar-refractivity contribution in [2.24, 2.45) is 0 Å². The van der Waals surface area contributed by atoms with Crippen molar-refractivity contribution in [1.82, 2.24) is 0 Å². The van der Waals surface area contributed by atoms with Crippen molar-refractivity contribution in [3.05, 3.63) is 53.6 Å².